The van der Waals surface area contributed by atoms with Gasteiger partial charge in [0.25, 0.3) is 0 Å². The average Bonchev–Trinajstić information content (AvgIpc) is 3.06. The number of hydrogen-bond acceptors (Lipinski definition) is 7. The largest absolute Gasteiger partial charge is 0.461 e. The van der Waals surface area contributed by atoms with Crippen molar-refractivity contribution in [3.8, 4) is 0 Å². The van der Waals surface area contributed by atoms with Crippen molar-refractivity contribution in [3.05, 3.63) is 24.8 Å². The predicted octanol–water partition coefficient (Wildman–Crippen LogP) is 2.58. The summed E-state index contributed by atoms with van der Waals surface area (Å²) < 4.78 is 20.6. The van der Waals surface area contributed by atoms with Gasteiger partial charge < -0.3 is 18.9 Å². The van der Waals surface area contributed by atoms with Crippen LogP contribution in [-0.2, 0) is 28.5 Å². The summed E-state index contributed by atoms with van der Waals surface area (Å²) in [6, 6.07) is -0.334. The molecule has 8 nitrogen and oxygen atoms in total. The number of esters is 1. The highest BCUT2D eigenvalue weighted by Gasteiger charge is 2.46. The third kappa shape index (κ3) is 5.90. The smallest absolute Gasteiger partial charge is 0.417 e. The summed E-state index contributed by atoms with van der Waals surface area (Å²) in [5.74, 6) is -0.848. The number of nitrogens with zero attached hydrogens (tertiary/aromatic N) is 1. The minimum absolute atomic E-state index is 0.0450. The normalized spacial score (nSPS) is 21.0. The lowest BCUT2D eigenvalue weighted by Crippen LogP contribution is -2.49. The summed E-state index contributed by atoms with van der Waals surface area (Å²) in [7, 11) is 2.96. The van der Waals surface area contributed by atoms with Gasteiger partial charge in [0.1, 0.15) is 18.6 Å². The van der Waals surface area contributed by atoms with E-state index in [2.05, 4.69) is 6.58 Å². The molecule has 1 rings (SSSR count). The van der Waals surface area contributed by atoms with Crippen LogP contribution in [0.3, 0.4) is 0 Å². The Morgan fingerprint density at radius 3 is 2.34 bits per heavy atom. The van der Waals surface area contributed by atoms with Gasteiger partial charge in [-0.1, -0.05) is 32.1 Å². The van der Waals surface area contributed by atoms with Gasteiger partial charge in [-0.15, -0.1) is 6.58 Å². The van der Waals surface area contributed by atoms with E-state index >= 15 is 0 Å². The van der Waals surface area contributed by atoms with E-state index in [4.69, 9.17) is 18.9 Å². The fraction of sp³-hybridized carbons (Fsp3) is 0.667. The van der Waals surface area contributed by atoms with E-state index < -0.39 is 28.8 Å². The molecule has 0 spiro atoms. The zero-order valence-electron chi connectivity index (χ0n) is 18.2. The highest BCUT2D eigenvalue weighted by molar-refractivity contribution is 5.97. The second kappa shape index (κ2) is 10.5. The van der Waals surface area contributed by atoms with Gasteiger partial charge in [-0.3, -0.25) is 9.59 Å². The first-order valence-corrected chi connectivity index (χ1v) is 9.53. The van der Waals surface area contributed by atoms with Gasteiger partial charge in [0, 0.05) is 14.2 Å². The lowest BCUT2D eigenvalue weighted by molar-refractivity contribution is -0.153. The summed E-state index contributed by atoms with van der Waals surface area (Å²) in [6.45, 7) is 11.2. The number of carbonyl (C=O) groups excluding carboxylic acids is 3. The van der Waals surface area contributed by atoms with Gasteiger partial charge in [-0.05, 0) is 19.8 Å². The monoisotopic (exact) mass is 411 g/mol. The molecular formula is C21H33NO7. The molecule has 8 heteroatoms. The number of amides is 2. The highest BCUT2D eigenvalue weighted by atomic mass is 16.6. The van der Waals surface area contributed by atoms with Gasteiger partial charge >= 0.3 is 12.1 Å². The number of hydrogen-bond donors (Lipinski definition) is 0. The van der Waals surface area contributed by atoms with E-state index in [-0.39, 0.29) is 38.4 Å². The second-order valence-corrected chi connectivity index (χ2v) is 7.97. The number of cyclic esters (lactones) is 1. The Morgan fingerprint density at radius 2 is 1.83 bits per heavy atom. The van der Waals surface area contributed by atoms with Crippen LogP contribution in [0.15, 0.2) is 24.8 Å². The number of carbonyl (C=O) groups is 3. The maximum absolute atomic E-state index is 13.2. The molecule has 1 aliphatic heterocycles. The summed E-state index contributed by atoms with van der Waals surface area (Å²) in [4.78, 5) is 38.7. The fourth-order valence-electron chi connectivity index (χ4n) is 3.01. The average molecular weight is 411 g/mol. The maximum atomic E-state index is 13.2. The van der Waals surface area contributed by atoms with E-state index in [1.54, 1.807) is 26.0 Å². The van der Waals surface area contributed by atoms with Crippen LogP contribution in [0, 0.1) is 16.7 Å². The molecule has 1 aliphatic rings. The SMILES string of the molecule is C=CC(C)(COC)C(=O)OCC=C[C@](C)(COC)C(=O)N1C(=O)OC[C@H]1C(C)C. The molecule has 0 bridgehead atoms. The summed E-state index contributed by atoms with van der Waals surface area (Å²) in [5.41, 5.74) is -2.08. The van der Waals surface area contributed by atoms with Crippen molar-refractivity contribution in [2.75, 3.05) is 40.6 Å². The van der Waals surface area contributed by atoms with Crippen LogP contribution < -0.4 is 0 Å². The standard InChI is InChI=1S/C21H33NO7/c1-8-20(4,13-26-6)18(24)28-11-9-10-21(5,14-27-7)17(23)22-16(15(2)3)12-29-19(22)25/h8-10,15-16H,1,11-14H2,2-7H3/t16-,20?,21+/m0/s1. The number of methoxy groups -OCH3 is 2. The lowest BCUT2D eigenvalue weighted by atomic mass is 9.88. The van der Waals surface area contributed by atoms with E-state index in [0.29, 0.717) is 0 Å². The number of ether oxygens (including phenoxy) is 4. The Hall–Kier alpha value is -2.19. The molecule has 0 aliphatic carbocycles. The van der Waals surface area contributed by atoms with Gasteiger partial charge in [-0.25, -0.2) is 9.69 Å². The first-order valence-electron chi connectivity index (χ1n) is 9.53. The van der Waals surface area contributed by atoms with Crippen molar-refractivity contribution >= 4 is 18.0 Å². The molecule has 1 fully saturated rings. The van der Waals surface area contributed by atoms with Crippen LogP contribution in [0.25, 0.3) is 0 Å². The summed E-state index contributed by atoms with van der Waals surface area (Å²) in [6.07, 6.45) is 3.98. The molecule has 0 saturated carbocycles. The van der Waals surface area contributed by atoms with Gasteiger partial charge in [-0.2, -0.15) is 0 Å². The molecule has 1 unspecified atom stereocenters. The van der Waals surface area contributed by atoms with Crippen molar-refractivity contribution in [1.82, 2.24) is 4.90 Å². The van der Waals surface area contributed by atoms with Crippen LogP contribution in [0.1, 0.15) is 27.7 Å². The van der Waals surface area contributed by atoms with Crippen LogP contribution in [0.4, 0.5) is 4.79 Å². The first kappa shape index (κ1) is 24.8. The van der Waals surface area contributed by atoms with E-state index in [0.717, 1.165) is 4.90 Å². The lowest BCUT2D eigenvalue weighted by Gasteiger charge is -2.31. The molecule has 0 aromatic rings. The molecular weight excluding hydrogens is 378 g/mol. The molecule has 0 aromatic carbocycles. The zero-order valence-corrected chi connectivity index (χ0v) is 18.2. The van der Waals surface area contributed by atoms with Gasteiger partial charge in [0.15, 0.2) is 0 Å². The van der Waals surface area contributed by atoms with Crippen molar-refractivity contribution in [2.24, 2.45) is 16.7 Å². The maximum Gasteiger partial charge on any atom is 0.417 e. The van der Waals surface area contributed by atoms with Crippen molar-refractivity contribution in [3.63, 3.8) is 0 Å². The summed E-state index contributed by atoms with van der Waals surface area (Å²) in [5, 5.41) is 0. The van der Waals surface area contributed by atoms with Crippen LogP contribution in [0.2, 0.25) is 0 Å². The second-order valence-electron chi connectivity index (χ2n) is 7.97. The molecule has 164 valence electrons. The predicted molar refractivity (Wildman–Crippen MR) is 107 cm³/mol. The van der Waals surface area contributed by atoms with E-state index in [9.17, 15) is 14.4 Å². The molecule has 29 heavy (non-hydrogen) atoms. The fourth-order valence-corrected chi connectivity index (χ4v) is 3.01. The number of rotatable bonds is 11. The third-order valence-corrected chi connectivity index (χ3v) is 4.98. The quantitative estimate of drug-likeness (QED) is 0.381. The third-order valence-electron chi connectivity index (χ3n) is 4.98. The van der Waals surface area contributed by atoms with Crippen molar-refractivity contribution < 1.29 is 33.3 Å². The molecule has 0 radical (unpaired) electrons. The Balaban J connectivity index is 2.90. The molecule has 2 amide bonds. The Kier molecular flexibility index (Phi) is 9.04. The summed E-state index contributed by atoms with van der Waals surface area (Å²) >= 11 is 0. The van der Waals surface area contributed by atoms with Gasteiger partial charge in [0.2, 0.25) is 5.91 Å². The first-order chi connectivity index (χ1) is 13.6. The highest BCUT2D eigenvalue weighted by Crippen LogP contribution is 2.29. The topological polar surface area (TPSA) is 91.4 Å². The van der Waals surface area contributed by atoms with Crippen molar-refractivity contribution in [2.45, 2.75) is 33.7 Å². The Labute approximate surface area is 172 Å². The molecule has 1 heterocycles. The van der Waals surface area contributed by atoms with Gasteiger partial charge in [0.05, 0.1) is 24.7 Å². The van der Waals surface area contributed by atoms with E-state index in [1.807, 2.05) is 13.8 Å². The van der Waals surface area contributed by atoms with Crippen LogP contribution in [0.5, 0.6) is 0 Å². The minimum Gasteiger partial charge on any atom is -0.461 e. The Morgan fingerprint density at radius 1 is 1.24 bits per heavy atom. The zero-order chi connectivity index (χ0) is 22.2. The molecule has 1 saturated heterocycles. The van der Waals surface area contributed by atoms with E-state index in [1.165, 1.54) is 20.3 Å². The Bertz CT molecular complexity index is 645. The van der Waals surface area contributed by atoms with Crippen LogP contribution >= 0.6 is 0 Å². The van der Waals surface area contributed by atoms with Crippen molar-refractivity contribution in [1.29, 1.82) is 0 Å². The number of imide groups is 1. The molecule has 0 N–H and O–H groups in total. The molecule has 3 atom stereocenters. The molecule has 0 aromatic heterocycles. The minimum atomic E-state index is -1.12. The van der Waals surface area contributed by atoms with Crippen LogP contribution in [-0.4, -0.2) is 69.6 Å².